The molecule has 14 heavy (non-hydrogen) atoms. The van der Waals surface area contributed by atoms with Gasteiger partial charge >= 0.3 is 0 Å². The highest BCUT2D eigenvalue weighted by Crippen LogP contribution is 2.11. The molecule has 0 spiro atoms. The van der Waals surface area contributed by atoms with Crippen molar-refractivity contribution in [3.05, 3.63) is 22.8 Å². The topological polar surface area (TPSA) is 28.2 Å². The fraction of sp³-hybridized carbons (Fsp3) is 0.500. The van der Waals surface area contributed by atoms with Gasteiger partial charge in [0.1, 0.15) is 5.82 Å². The van der Waals surface area contributed by atoms with E-state index in [0.29, 0.717) is 6.04 Å². The van der Waals surface area contributed by atoms with Gasteiger partial charge in [0.2, 0.25) is 0 Å². The summed E-state index contributed by atoms with van der Waals surface area (Å²) in [7, 11) is 4.13. The van der Waals surface area contributed by atoms with E-state index in [9.17, 15) is 0 Å². The van der Waals surface area contributed by atoms with Gasteiger partial charge in [-0.3, -0.25) is 0 Å². The molecule has 0 aliphatic heterocycles. The number of pyridine rings is 1. The van der Waals surface area contributed by atoms with Crippen LogP contribution in [-0.4, -0.2) is 36.6 Å². The van der Waals surface area contributed by atoms with Crippen LogP contribution in [0.15, 0.2) is 22.8 Å². The van der Waals surface area contributed by atoms with Crippen LogP contribution < -0.4 is 5.32 Å². The Morgan fingerprint density at radius 2 is 2.21 bits per heavy atom. The van der Waals surface area contributed by atoms with Gasteiger partial charge in [0.25, 0.3) is 0 Å². The number of hydrogen-bond acceptors (Lipinski definition) is 3. The Morgan fingerprint density at radius 3 is 2.71 bits per heavy atom. The lowest BCUT2D eigenvalue weighted by molar-refractivity contribution is 0.392. The van der Waals surface area contributed by atoms with Crippen LogP contribution in [0.1, 0.15) is 6.92 Å². The molecule has 0 aliphatic carbocycles. The van der Waals surface area contributed by atoms with Crippen molar-refractivity contribution in [2.75, 3.05) is 26.0 Å². The normalized spacial score (nSPS) is 12.9. The molecule has 0 aromatic carbocycles. The maximum Gasteiger partial charge on any atom is 0.126 e. The minimum Gasteiger partial charge on any atom is -0.366 e. The van der Waals surface area contributed by atoms with E-state index in [4.69, 9.17) is 0 Å². The van der Waals surface area contributed by atoms with Gasteiger partial charge in [-0.1, -0.05) is 0 Å². The SMILES string of the molecule is C[C@@H](CN(C)C)Nc1ccc(Br)cn1. The lowest BCUT2D eigenvalue weighted by Crippen LogP contribution is -2.29. The summed E-state index contributed by atoms with van der Waals surface area (Å²) in [6.45, 7) is 3.14. The predicted octanol–water partition coefficient (Wildman–Crippen LogP) is 2.21. The first-order valence-corrected chi connectivity index (χ1v) is 5.40. The largest absolute Gasteiger partial charge is 0.366 e. The van der Waals surface area contributed by atoms with Crippen LogP contribution >= 0.6 is 15.9 Å². The van der Waals surface area contributed by atoms with Gasteiger partial charge in [0, 0.05) is 23.3 Å². The van der Waals surface area contributed by atoms with Gasteiger partial charge < -0.3 is 10.2 Å². The van der Waals surface area contributed by atoms with Gasteiger partial charge in [0.15, 0.2) is 0 Å². The van der Waals surface area contributed by atoms with Gasteiger partial charge in [0.05, 0.1) is 0 Å². The molecule has 4 heteroatoms. The summed E-state index contributed by atoms with van der Waals surface area (Å²) in [6.07, 6.45) is 1.80. The third-order valence-corrected chi connectivity index (χ3v) is 2.23. The molecule has 0 fully saturated rings. The molecule has 1 rings (SSSR count). The quantitative estimate of drug-likeness (QED) is 0.897. The maximum atomic E-state index is 4.25. The zero-order valence-electron chi connectivity index (χ0n) is 8.79. The molecule has 78 valence electrons. The maximum absolute atomic E-state index is 4.25. The van der Waals surface area contributed by atoms with Crippen LogP contribution in [0.2, 0.25) is 0 Å². The van der Waals surface area contributed by atoms with Crippen molar-refractivity contribution in [3.63, 3.8) is 0 Å². The second-order valence-corrected chi connectivity index (χ2v) is 4.58. The Hall–Kier alpha value is -0.610. The van der Waals surface area contributed by atoms with Crippen molar-refractivity contribution >= 4 is 21.7 Å². The summed E-state index contributed by atoms with van der Waals surface area (Å²) in [5.74, 6) is 0.919. The first-order valence-electron chi connectivity index (χ1n) is 4.61. The van der Waals surface area contributed by atoms with E-state index in [1.54, 1.807) is 6.20 Å². The number of halogens is 1. The van der Waals surface area contributed by atoms with Crippen molar-refractivity contribution in [2.24, 2.45) is 0 Å². The van der Waals surface area contributed by atoms with Crippen molar-refractivity contribution in [2.45, 2.75) is 13.0 Å². The summed E-state index contributed by atoms with van der Waals surface area (Å²) in [5.41, 5.74) is 0. The Morgan fingerprint density at radius 1 is 1.50 bits per heavy atom. The molecule has 0 saturated heterocycles. The standard InChI is InChI=1S/C10H16BrN3/c1-8(7-14(2)3)13-10-5-4-9(11)6-12-10/h4-6,8H,7H2,1-3H3,(H,12,13)/t8-/m0/s1. The van der Waals surface area contributed by atoms with Crippen molar-refractivity contribution in [1.82, 2.24) is 9.88 Å². The number of likely N-dealkylation sites (N-methyl/N-ethyl adjacent to an activating group) is 1. The third-order valence-electron chi connectivity index (χ3n) is 1.76. The van der Waals surface area contributed by atoms with Crippen LogP contribution in [0.3, 0.4) is 0 Å². The molecule has 0 bridgehead atoms. The molecule has 1 atom stereocenters. The average molecular weight is 258 g/mol. The Kier molecular flexibility index (Phi) is 4.35. The highest BCUT2D eigenvalue weighted by Gasteiger charge is 2.03. The zero-order chi connectivity index (χ0) is 10.6. The fourth-order valence-corrected chi connectivity index (χ4v) is 1.54. The van der Waals surface area contributed by atoms with E-state index in [1.807, 2.05) is 12.1 Å². The lowest BCUT2D eigenvalue weighted by atomic mass is 10.3. The van der Waals surface area contributed by atoms with Gasteiger partial charge in [-0.25, -0.2) is 4.98 Å². The van der Waals surface area contributed by atoms with E-state index < -0.39 is 0 Å². The van der Waals surface area contributed by atoms with Crippen LogP contribution in [0.25, 0.3) is 0 Å². The van der Waals surface area contributed by atoms with E-state index in [1.165, 1.54) is 0 Å². The molecular formula is C10H16BrN3. The summed E-state index contributed by atoms with van der Waals surface area (Å²) in [4.78, 5) is 6.40. The number of rotatable bonds is 4. The number of nitrogens with one attached hydrogen (secondary N) is 1. The van der Waals surface area contributed by atoms with E-state index in [2.05, 4.69) is 52.1 Å². The Balaban J connectivity index is 2.47. The Bertz CT molecular complexity index is 271. The zero-order valence-corrected chi connectivity index (χ0v) is 10.4. The van der Waals surface area contributed by atoms with Crippen molar-refractivity contribution in [1.29, 1.82) is 0 Å². The molecule has 1 aromatic heterocycles. The van der Waals surface area contributed by atoms with Crippen LogP contribution in [-0.2, 0) is 0 Å². The monoisotopic (exact) mass is 257 g/mol. The molecule has 0 amide bonds. The van der Waals surface area contributed by atoms with Crippen LogP contribution in [0.4, 0.5) is 5.82 Å². The second-order valence-electron chi connectivity index (χ2n) is 3.67. The molecule has 1 heterocycles. The first kappa shape index (κ1) is 11.5. The molecule has 1 aromatic rings. The summed E-state index contributed by atoms with van der Waals surface area (Å²) in [6, 6.07) is 4.35. The molecule has 1 N–H and O–H groups in total. The highest BCUT2D eigenvalue weighted by atomic mass is 79.9. The van der Waals surface area contributed by atoms with Crippen LogP contribution in [0.5, 0.6) is 0 Å². The first-order chi connectivity index (χ1) is 6.58. The summed E-state index contributed by atoms with van der Waals surface area (Å²) >= 11 is 3.35. The number of nitrogens with zero attached hydrogens (tertiary/aromatic N) is 2. The minimum atomic E-state index is 0.402. The molecule has 0 aliphatic rings. The molecule has 3 nitrogen and oxygen atoms in total. The molecule has 0 saturated carbocycles. The van der Waals surface area contributed by atoms with E-state index >= 15 is 0 Å². The highest BCUT2D eigenvalue weighted by molar-refractivity contribution is 9.10. The summed E-state index contributed by atoms with van der Waals surface area (Å²) < 4.78 is 1.00. The molecular weight excluding hydrogens is 242 g/mol. The summed E-state index contributed by atoms with van der Waals surface area (Å²) in [5, 5.41) is 3.33. The van der Waals surface area contributed by atoms with E-state index in [-0.39, 0.29) is 0 Å². The van der Waals surface area contributed by atoms with Crippen molar-refractivity contribution in [3.8, 4) is 0 Å². The predicted molar refractivity (Wildman–Crippen MR) is 63.6 cm³/mol. The smallest absolute Gasteiger partial charge is 0.126 e. The second kappa shape index (κ2) is 5.32. The molecule has 0 radical (unpaired) electrons. The number of anilines is 1. The molecule has 0 unspecified atom stereocenters. The van der Waals surface area contributed by atoms with Gasteiger partial charge in [-0.05, 0) is 49.1 Å². The fourth-order valence-electron chi connectivity index (χ4n) is 1.31. The number of hydrogen-bond donors (Lipinski definition) is 1. The lowest BCUT2D eigenvalue weighted by Gasteiger charge is -2.18. The average Bonchev–Trinajstić information content (AvgIpc) is 2.07. The third kappa shape index (κ3) is 4.07. The van der Waals surface area contributed by atoms with Gasteiger partial charge in [-0.2, -0.15) is 0 Å². The van der Waals surface area contributed by atoms with Crippen molar-refractivity contribution < 1.29 is 0 Å². The van der Waals surface area contributed by atoms with Gasteiger partial charge in [-0.15, -0.1) is 0 Å². The van der Waals surface area contributed by atoms with Crippen LogP contribution in [0, 0.1) is 0 Å². The Labute approximate surface area is 93.7 Å². The number of aromatic nitrogens is 1. The van der Waals surface area contributed by atoms with E-state index in [0.717, 1.165) is 16.8 Å². The minimum absolute atomic E-state index is 0.402.